The van der Waals surface area contributed by atoms with Gasteiger partial charge in [0.2, 0.25) is 5.91 Å². The van der Waals surface area contributed by atoms with Gasteiger partial charge in [-0.25, -0.2) is 5.48 Å². The number of carbonyl (C=O) groups excluding carboxylic acids is 2. The molecule has 2 unspecified atom stereocenters. The smallest absolute Gasteiger partial charge is 0.265 e. The molecule has 0 radical (unpaired) electrons. The maximum atomic E-state index is 12.9. The molecule has 2 aromatic rings. The van der Waals surface area contributed by atoms with Crippen LogP contribution in [0.4, 0.5) is 0 Å². The summed E-state index contributed by atoms with van der Waals surface area (Å²) in [5.41, 5.74) is 4.93. The van der Waals surface area contributed by atoms with E-state index in [0.29, 0.717) is 12.4 Å². The fourth-order valence-electron chi connectivity index (χ4n) is 3.65. The molecule has 7 nitrogen and oxygen atoms in total. The molecule has 2 aromatic carbocycles. The quantitative estimate of drug-likeness (QED) is 0.514. The molecule has 1 fully saturated rings. The van der Waals surface area contributed by atoms with E-state index >= 15 is 0 Å². The molecule has 0 saturated carbocycles. The first-order valence-electron chi connectivity index (χ1n) is 9.55. The summed E-state index contributed by atoms with van der Waals surface area (Å²) in [6.45, 7) is 8.16. The third kappa shape index (κ3) is 4.26. The highest BCUT2D eigenvalue weighted by molar-refractivity contribution is 5.93. The molecule has 7 heteroatoms. The molecule has 0 aliphatic carbocycles. The van der Waals surface area contributed by atoms with Gasteiger partial charge in [0.05, 0.1) is 6.67 Å². The minimum Gasteiger partial charge on any atom is -0.489 e. The number of carbonyl (C=O) groups is 2. The molecular formula is C22H27N3O4. The Bertz CT molecular complexity index is 893. The van der Waals surface area contributed by atoms with Crippen molar-refractivity contribution in [3.8, 4) is 5.75 Å². The lowest BCUT2D eigenvalue weighted by molar-refractivity contribution is -0.143. The normalized spacial score (nSPS) is 19.9. The van der Waals surface area contributed by atoms with Crippen LogP contribution in [0.15, 0.2) is 42.5 Å². The Morgan fingerprint density at radius 3 is 2.45 bits per heavy atom. The van der Waals surface area contributed by atoms with Crippen LogP contribution in [0.5, 0.6) is 5.75 Å². The third-order valence-electron chi connectivity index (χ3n) is 5.37. The van der Waals surface area contributed by atoms with Crippen LogP contribution in [0, 0.1) is 13.8 Å². The number of rotatable bonds is 6. The van der Waals surface area contributed by atoms with E-state index < -0.39 is 17.5 Å². The standard InChI is InChI=1S/C22H27N3O4/c1-14-9-15(2)11-17(10-14)12-29-19-7-5-18(6-8-19)22(4)21(27)25(13-23-22)16(3)20(26)24-28/h5-11,16,23,28H,12-13H2,1-4H3,(H,24,26). The maximum absolute atomic E-state index is 12.9. The number of amides is 2. The lowest BCUT2D eigenvalue weighted by atomic mass is 9.92. The van der Waals surface area contributed by atoms with Gasteiger partial charge in [-0.05, 0) is 51.0 Å². The number of hydrogen-bond donors (Lipinski definition) is 3. The number of nitrogens with zero attached hydrogens (tertiary/aromatic N) is 1. The van der Waals surface area contributed by atoms with E-state index in [4.69, 9.17) is 9.94 Å². The van der Waals surface area contributed by atoms with Gasteiger partial charge in [-0.15, -0.1) is 0 Å². The van der Waals surface area contributed by atoms with E-state index in [1.165, 1.54) is 16.0 Å². The minimum atomic E-state index is -0.948. The predicted molar refractivity (Wildman–Crippen MR) is 108 cm³/mol. The van der Waals surface area contributed by atoms with Crippen molar-refractivity contribution in [2.45, 2.75) is 45.9 Å². The monoisotopic (exact) mass is 397 g/mol. The molecule has 3 rings (SSSR count). The summed E-state index contributed by atoms with van der Waals surface area (Å²) in [4.78, 5) is 26.0. The van der Waals surface area contributed by atoms with Crippen LogP contribution in [0.25, 0.3) is 0 Å². The van der Waals surface area contributed by atoms with Crippen LogP contribution in [0.3, 0.4) is 0 Å². The highest BCUT2D eigenvalue weighted by Gasteiger charge is 2.46. The Hall–Kier alpha value is -2.90. The van der Waals surface area contributed by atoms with E-state index in [1.807, 2.05) is 24.3 Å². The molecule has 2 amide bonds. The van der Waals surface area contributed by atoms with Gasteiger partial charge < -0.3 is 9.64 Å². The SMILES string of the molecule is Cc1cc(C)cc(COc2ccc(C3(C)NCN(C(C)C(=O)NO)C3=O)cc2)c1. The average molecular weight is 397 g/mol. The van der Waals surface area contributed by atoms with E-state index in [2.05, 4.69) is 37.4 Å². The van der Waals surface area contributed by atoms with Gasteiger partial charge in [0, 0.05) is 0 Å². The second-order valence-electron chi connectivity index (χ2n) is 7.70. The Kier molecular flexibility index (Phi) is 5.91. The molecule has 0 aromatic heterocycles. The third-order valence-corrected chi connectivity index (χ3v) is 5.37. The summed E-state index contributed by atoms with van der Waals surface area (Å²) < 4.78 is 5.89. The number of ether oxygens (including phenoxy) is 1. The second kappa shape index (κ2) is 8.23. The van der Waals surface area contributed by atoms with Crippen molar-refractivity contribution in [3.63, 3.8) is 0 Å². The fourth-order valence-corrected chi connectivity index (χ4v) is 3.65. The molecular weight excluding hydrogens is 370 g/mol. The lowest BCUT2D eigenvalue weighted by Gasteiger charge is -2.26. The summed E-state index contributed by atoms with van der Waals surface area (Å²) in [7, 11) is 0. The Morgan fingerprint density at radius 2 is 1.86 bits per heavy atom. The largest absolute Gasteiger partial charge is 0.489 e. The van der Waals surface area contributed by atoms with Gasteiger partial charge >= 0.3 is 0 Å². The van der Waals surface area contributed by atoms with Crippen LogP contribution in [-0.2, 0) is 21.7 Å². The van der Waals surface area contributed by atoms with E-state index in [-0.39, 0.29) is 12.6 Å². The molecule has 0 bridgehead atoms. The molecule has 1 aliphatic rings. The number of aryl methyl sites for hydroxylation is 2. The van der Waals surface area contributed by atoms with E-state index in [1.54, 1.807) is 19.3 Å². The zero-order chi connectivity index (χ0) is 21.2. The topological polar surface area (TPSA) is 90.9 Å². The molecule has 154 valence electrons. The lowest BCUT2D eigenvalue weighted by Crippen LogP contribution is -2.47. The van der Waals surface area contributed by atoms with Gasteiger partial charge in [-0.1, -0.05) is 41.5 Å². The molecule has 1 heterocycles. The van der Waals surface area contributed by atoms with Crippen LogP contribution in [-0.4, -0.2) is 34.6 Å². The second-order valence-corrected chi connectivity index (χ2v) is 7.70. The van der Waals surface area contributed by atoms with Crippen LogP contribution < -0.4 is 15.5 Å². The average Bonchev–Trinajstić information content (AvgIpc) is 3.00. The molecule has 1 saturated heterocycles. The summed E-state index contributed by atoms with van der Waals surface area (Å²) in [5, 5.41) is 12.0. The first-order chi connectivity index (χ1) is 13.7. The van der Waals surface area contributed by atoms with Gasteiger partial charge in [0.15, 0.2) is 0 Å². The Morgan fingerprint density at radius 1 is 1.24 bits per heavy atom. The first kappa shape index (κ1) is 20.8. The molecule has 29 heavy (non-hydrogen) atoms. The fraction of sp³-hybridized carbons (Fsp3) is 0.364. The summed E-state index contributed by atoms with van der Waals surface area (Å²) in [6, 6.07) is 12.9. The van der Waals surface area contributed by atoms with Crippen molar-refractivity contribution < 1.29 is 19.5 Å². The van der Waals surface area contributed by atoms with Crippen LogP contribution in [0.1, 0.15) is 36.1 Å². The van der Waals surface area contributed by atoms with E-state index in [0.717, 1.165) is 11.1 Å². The van der Waals surface area contributed by atoms with Crippen molar-refractivity contribution >= 4 is 11.8 Å². The molecule has 3 N–H and O–H groups in total. The minimum absolute atomic E-state index is 0.217. The van der Waals surface area contributed by atoms with Crippen molar-refractivity contribution in [1.29, 1.82) is 0 Å². The van der Waals surface area contributed by atoms with Gasteiger partial charge in [0.25, 0.3) is 5.91 Å². The zero-order valence-corrected chi connectivity index (χ0v) is 17.2. The predicted octanol–water partition coefficient (Wildman–Crippen LogP) is 2.38. The van der Waals surface area contributed by atoms with Gasteiger partial charge in [-0.3, -0.25) is 20.1 Å². The number of benzene rings is 2. The molecule has 0 spiro atoms. The summed E-state index contributed by atoms with van der Waals surface area (Å²) in [5.74, 6) is -0.135. The van der Waals surface area contributed by atoms with Crippen molar-refractivity contribution in [3.05, 3.63) is 64.7 Å². The van der Waals surface area contributed by atoms with Crippen molar-refractivity contribution in [1.82, 2.24) is 15.7 Å². The summed E-state index contributed by atoms with van der Waals surface area (Å²) >= 11 is 0. The summed E-state index contributed by atoms with van der Waals surface area (Å²) in [6.07, 6.45) is 0. The van der Waals surface area contributed by atoms with Crippen molar-refractivity contribution in [2.75, 3.05) is 6.67 Å². The van der Waals surface area contributed by atoms with Crippen LogP contribution >= 0.6 is 0 Å². The zero-order valence-electron chi connectivity index (χ0n) is 17.2. The highest BCUT2D eigenvalue weighted by atomic mass is 16.5. The highest BCUT2D eigenvalue weighted by Crippen LogP contribution is 2.30. The van der Waals surface area contributed by atoms with Crippen LogP contribution in [0.2, 0.25) is 0 Å². The number of nitrogens with one attached hydrogen (secondary N) is 2. The number of hydrogen-bond acceptors (Lipinski definition) is 5. The Balaban J connectivity index is 1.69. The Labute approximate surface area is 170 Å². The maximum Gasteiger partial charge on any atom is 0.265 e. The van der Waals surface area contributed by atoms with Gasteiger partial charge in [-0.2, -0.15) is 0 Å². The van der Waals surface area contributed by atoms with Gasteiger partial charge in [0.1, 0.15) is 23.9 Å². The molecule has 2 atom stereocenters. The van der Waals surface area contributed by atoms with Crippen molar-refractivity contribution in [2.24, 2.45) is 0 Å². The van der Waals surface area contributed by atoms with E-state index in [9.17, 15) is 9.59 Å². The molecule has 1 aliphatic heterocycles. The number of hydroxylamine groups is 1. The first-order valence-corrected chi connectivity index (χ1v) is 9.55.